The lowest BCUT2D eigenvalue weighted by molar-refractivity contribution is 0.0879. The number of benzene rings is 1. The van der Waals surface area contributed by atoms with E-state index >= 15 is 0 Å². The summed E-state index contributed by atoms with van der Waals surface area (Å²) in [5.41, 5.74) is 0.940. The summed E-state index contributed by atoms with van der Waals surface area (Å²) in [4.78, 5) is 21.9. The molecular weight excluding hydrogens is 143 g/mol. The van der Waals surface area contributed by atoms with E-state index in [0.717, 1.165) is 0 Å². The molecule has 54 valence electrons. The Bertz CT molecular complexity index is 311. The molecule has 1 aliphatic rings. The van der Waals surface area contributed by atoms with Gasteiger partial charge in [-0.1, -0.05) is 12.1 Å². The van der Waals surface area contributed by atoms with E-state index in [-0.39, 0.29) is 11.8 Å². The van der Waals surface area contributed by atoms with E-state index in [2.05, 4.69) is 5.32 Å². The van der Waals surface area contributed by atoms with E-state index in [1.807, 2.05) is 0 Å². The Labute approximate surface area is 63.0 Å². The van der Waals surface area contributed by atoms with Crippen molar-refractivity contribution in [3.63, 3.8) is 0 Å². The summed E-state index contributed by atoms with van der Waals surface area (Å²) in [5, 5.41) is 2.20. The predicted molar refractivity (Wildman–Crippen MR) is 38.2 cm³/mol. The molecule has 11 heavy (non-hydrogen) atoms. The summed E-state index contributed by atoms with van der Waals surface area (Å²) in [6.07, 6.45) is 0. The highest BCUT2D eigenvalue weighted by Crippen LogP contribution is 2.13. The number of fused-ring (bicyclic) bond motifs is 1. The molecule has 0 saturated carbocycles. The molecule has 0 aliphatic carbocycles. The van der Waals surface area contributed by atoms with Crippen LogP contribution < -0.4 is 5.32 Å². The first-order chi connectivity index (χ1) is 5.29. The van der Waals surface area contributed by atoms with Gasteiger partial charge in [0, 0.05) is 0 Å². The number of imide groups is 1. The topological polar surface area (TPSA) is 46.2 Å². The van der Waals surface area contributed by atoms with E-state index in [0.29, 0.717) is 11.1 Å². The van der Waals surface area contributed by atoms with Crippen LogP contribution in [0, 0.1) is 0 Å². The van der Waals surface area contributed by atoms with Gasteiger partial charge in [-0.25, -0.2) is 0 Å². The van der Waals surface area contributed by atoms with Crippen LogP contribution in [0.2, 0.25) is 0 Å². The maximum Gasteiger partial charge on any atom is 0.258 e. The molecule has 3 heteroatoms. The lowest BCUT2D eigenvalue weighted by atomic mass is 10.1. The van der Waals surface area contributed by atoms with Gasteiger partial charge >= 0.3 is 0 Å². The molecule has 2 rings (SSSR count). The van der Waals surface area contributed by atoms with Crippen LogP contribution in [0.3, 0.4) is 0 Å². The quantitative estimate of drug-likeness (QED) is 0.432. The highest BCUT2D eigenvalue weighted by atomic mass is 16.2. The van der Waals surface area contributed by atoms with Gasteiger partial charge in [0.05, 0.1) is 11.1 Å². The Kier molecular flexibility index (Phi) is 1.06. The van der Waals surface area contributed by atoms with Crippen molar-refractivity contribution in [2.45, 2.75) is 0 Å². The smallest absolute Gasteiger partial charge is 0.258 e. The van der Waals surface area contributed by atoms with E-state index in [1.54, 1.807) is 24.3 Å². The van der Waals surface area contributed by atoms with Crippen molar-refractivity contribution in [3.05, 3.63) is 35.4 Å². The first-order valence-corrected chi connectivity index (χ1v) is 3.24. The molecule has 0 radical (unpaired) electrons. The Balaban J connectivity index is 2.69. The monoisotopic (exact) mass is 148 g/mol. The van der Waals surface area contributed by atoms with Gasteiger partial charge in [-0.15, -0.1) is 0 Å². The predicted octanol–water partition coefficient (Wildman–Crippen LogP) is 0.570. The van der Waals surface area contributed by atoms with Crippen LogP contribution in [-0.4, -0.2) is 11.8 Å². The van der Waals surface area contributed by atoms with Crippen LogP contribution >= 0.6 is 0 Å². The minimum absolute atomic E-state index is 0.300. The molecule has 0 bridgehead atoms. The van der Waals surface area contributed by atoms with E-state index < -0.39 is 0 Å². The minimum atomic E-state index is -0.300. The molecular formula is C8H5NO2. The number of hydrogen-bond acceptors (Lipinski definition) is 2. The van der Waals surface area contributed by atoms with Crippen LogP contribution in [0.25, 0.3) is 0 Å². The van der Waals surface area contributed by atoms with Gasteiger partial charge in [-0.3, -0.25) is 14.9 Å². The fourth-order valence-electron chi connectivity index (χ4n) is 1.12. The molecule has 1 heterocycles. The zero-order valence-corrected chi connectivity index (χ0v) is 5.63. The van der Waals surface area contributed by atoms with Crippen molar-refractivity contribution in [2.24, 2.45) is 0 Å². The van der Waals surface area contributed by atoms with E-state index in [9.17, 15) is 9.59 Å². The summed E-state index contributed by atoms with van der Waals surface area (Å²) >= 11 is 0. The summed E-state index contributed by atoms with van der Waals surface area (Å²) < 4.78 is 0. The SMILES string of the molecule is O=C1[15NH]C(=O)c2ccccc21. The standard InChI is InChI=1S/C8H5NO2/c10-7-5-3-1-2-4-6(5)8(11)9-7/h1-4H,(H,9,10,11)/i9+1. The third-order valence-electron chi connectivity index (χ3n) is 1.64. The average molecular weight is 148 g/mol. The number of nitrogens with one attached hydrogen (secondary N) is 1. The second-order valence-corrected chi connectivity index (χ2v) is 2.33. The Morgan fingerprint density at radius 1 is 0.909 bits per heavy atom. The molecule has 1 N–H and O–H groups in total. The van der Waals surface area contributed by atoms with Crippen LogP contribution in [0.1, 0.15) is 20.7 Å². The second-order valence-electron chi connectivity index (χ2n) is 2.33. The summed E-state index contributed by atoms with van der Waals surface area (Å²) in [6.45, 7) is 0. The van der Waals surface area contributed by atoms with Crippen molar-refractivity contribution in [1.82, 2.24) is 5.32 Å². The van der Waals surface area contributed by atoms with Crippen LogP contribution in [0.15, 0.2) is 24.3 Å². The fourth-order valence-corrected chi connectivity index (χ4v) is 1.12. The molecule has 0 unspecified atom stereocenters. The lowest BCUT2D eigenvalue weighted by Crippen LogP contribution is -2.19. The normalized spacial score (nSPS) is 14.5. The van der Waals surface area contributed by atoms with E-state index in [1.165, 1.54) is 0 Å². The maximum absolute atomic E-state index is 10.9. The summed E-state index contributed by atoms with van der Waals surface area (Å²) in [5.74, 6) is -0.601. The van der Waals surface area contributed by atoms with E-state index in [4.69, 9.17) is 0 Å². The van der Waals surface area contributed by atoms with Gasteiger partial charge in [-0.05, 0) is 12.1 Å². The molecule has 1 aliphatic heterocycles. The second kappa shape index (κ2) is 1.92. The first-order valence-electron chi connectivity index (χ1n) is 3.24. The number of hydrogen-bond donors (Lipinski definition) is 1. The number of carbonyl (C=O) groups excluding carboxylic acids is 2. The Morgan fingerprint density at radius 2 is 1.36 bits per heavy atom. The van der Waals surface area contributed by atoms with Gasteiger partial charge in [0.1, 0.15) is 0 Å². The highest BCUT2D eigenvalue weighted by molar-refractivity contribution is 6.21. The van der Waals surface area contributed by atoms with Gasteiger partial charge in [-0.2, -0.15) is 0 Å². The molecule has 1 aromatic carbocycles. The van der Waals surface area contributed by atoms with Crippen molar-refractivity contribution in [2.75, 3.05) is 0 Å². The molecule has 0 spiro atoms. The largest absolute Gasteiger partial charge is 0.288 e. The zero-order valence-electron chi connectivity index (χ0n) is 5.63. The summed E-state index contributed by atoms with van der Waals surface area (Å²) in [7, 11) is 0. The maximum atomic E-state index is 10.9. The molecule has 0 saturated heterocycles. The third kappa shape index (κ3) is 0.741. The number of amides is 2. The lowest BCUT2D eigenvalue weighted by Gasteiger charge is -1.88. The Hall–Kier alpha value is -1.64. The average Bonchev–Trinajstić information content (AvgIpc) is 2.30. The van der Waals surface area contributed by atoms with Crippen molar-refractivity contribution >= 4 is 11.8 Å². The molecule has 1 aromatic rings. The molecule has 3 nitrogen and oxygen atoms in total. The molecule has 0 atom stereocenters. The van der Waals surface area contributed by atoms with Gasteiger partial charge in [0.2, 0.25) is 0 Å². The molecule has 0 fully saturated rings. The minimum Gasteiger partial charge on any atom is -0.288 e. The molecule has 0 aromatic heterocycles. The van der Waals surface area contributed by atoms with Crippen molar-refractivity contribution in [1.29, 1.82) is 0 Å². The van der Waals surface area contributed by atoms with Crippen LogP contribution in [-0.2, 0) is 0 Å². The van der Waals surface area contributed by atoms with Crippen LogP contribution in [0.5, 0.6) is 0 Å². The zero-order chi connectivity index (χ0) is 7.84. The fraction of sp³-hybridized carbons (Fsp3) is 0. The van der Waals surface area contributed by atoms with Crippen molar-refractivity contribution < 1.29 is 9.59 Å². The first kappa shape index (κ1) is 6.09. The van der Waals surface area contributed by atoms with Gasteiger partial charge < -0.3 is 0 Å². The van der Waals surface area contributed by atoms with Gasteiger partial charge in [0.25, 0.3) is 11.8 Å². The molecule has 2 amide bonds. The number of carbonyl (C=O) groups is 2. The Morgan fingerprint density at radius 3 is 1.82 bits per heavy atom. The van der Waals surface area contributed by atoms with Gasteiger partial charge in [0.15, 0.2) is 0 Å². The third-order valence-corrected chi connectivity index (χ3v) is 1.64. The summed E-state index contributed by atoms with van der Waals surface area (Å²) in [6, 6.07) is 6.74. The number of rotatable bonds is 0. The van der Waals surface area contributed by atoms with Crippen molar-refractivity contribution in [3.8, 4) is 0 Å². The highest BCUT2D eigenvalue weighted by Gasteiger charge is 2.25. The van der Waals surface area contributed by atoms with Crippen LogP contribution in [0.4, 0.5) is 0 Å².